The molecule has 3 rings (SSSR count). The predicted molar refractivity (Wildman–Crippen MR) is 102 cm³/mol. The number of hydrogen-bond donors (Lipinski definition) is 1. The summed E-state index contributed by atoms with van der Waals surface area (Å²) in [5, 5.41) is 4.28. The van der Waals surface area contributed by atoms with Gasteiger partial charge in [0, 0.05) is 18.5 Å². The van der Waals surface area contributed by atoms with Crippen molar-refractivity contribution in [1.82, 2.24) is 14.9 Å². The van der Waals surface area contributed by atoms with Crippen molar-refractivity contribution in [2.75, 3.05) is 32.5 Å². The highest BCUT2D eigenvalue weighted by Crippen LogP contribution is 2.21. The molecule has 0 aliphatic heterocycles. The van der Waals surface area contributed by atoms with E-state index < -0.39 is 11.6 Å². The van der Waals surface area contributed by atoms with E-state index in [-0.39, 0.29) is 0 Å². The second-order valence-electron chi connectivity index (χ2n) is 6.18. The van der Waals surface area contributed by atoms with Gasteiger partial charge in [-0.3, -0.25) is 0 Å². The maximum absolute atomic E-state index is 13.3. The molecular formula is C20H20F2N4. The SMILES string of the molecule is CN(C)CCNc1nc(/C=C/c2ccc(F)c(F)c2)nc2ccccc12. The van der Waals surface area contributed by atoms with Crippen molar-refractivity contribution in [1.29, 1.82) is 0 Å². The first-order valence-corrected chi connectivity index (χ1v) is 8.31. The van der Waals surface area contributed by atoms with E-state index in [0.717, 1.165) is 41.9 Å². The van der Waals surface area contributed by atoms with Gasteiger partial charge in [-0.15, -0.1) is 0 Å². The minimum absolute atomic E-state index is 0.501. The van der Waals surface area contributed by atoms with Crippen LogP contribution in [0.2, 0.25) is 0 Å². The molecular weight excluding hydrogens is 334 g/mol. The van der Waals surface area contributed by atoms with Crippen LogP contribution in [0, 0.1) is 11.6 Å². The Kier molecular flexibility index (Phi) is 5.53. The summed E-state index contributed by atoms with van der Waals surface area (Å²) in [6, 6.07) is 11.5. The van der Waals surface area contributed by atoms with Crippen LogP contribution in [0.5, 0.6) is 0 Å². The van der Waals surface area contributed by atoms with Gasteiger partial charge in [-0.25, -0.2) is 18.7 Å². The number of halogens is 2. The van der Waals surface area contributed by atoms with Gasteiger partial charge < -0.3 is 10.2 Å². The maximum Gasteiger partial charge on any atom is 0.159 e. The molecule has 0 fully saturated rings. The summed E-state index contributed by atoms with van der Waals surface area (Å²) in [4.78, 5) is 11.2. The van der Waals surface area contributed by atoms with E-state index >= 15 is 0 Å². The largest absolute Gasteiger partial charge is 0.368 e. The summed E-state index contributed by atoms with van der Waals surface area (Å²) in [6.07, 6.45) is 3.35. The Morgan fingerprint density at radius 2 is 1.81 bits per heavy atom. The Balaban J connectivity index is 1.90. The van der Waals surface area contributed by atoms with Gasteiger partial charge in [0.25, 0.3) is 0 Å². The van der Waals surface area contributed by atoms with Crippen LogP contribution in [0.15, 0.2) is 42.5 Å². The van der Waals surface area contributed by atoms with Crippen LogP contribution in [-0.2, 0) is 0 Å². The molecule has 2 aromatic carbocycles. The number of fused-ring (bicyclic) bond motifs is 1. The second-order valence-corrected chi connectivity index (χ2v) is 6.18. The topological polar surface area (TPSA) is 41.0 Å². The van der Waals surface area contributed by atoms with E-state index in [1.807, 2.05) is 38.4 Å². The van der Waals surface area contributed by atoms with Crippen LogP contribution in [0.25, 0.3) is 23.1 Å². The number of anilines is 1. The van der Waals surface area contributed by atoms with Crippen LogP contribution < -0.4 is 5.32 Å². The molecule has 1 heterocycles. The molecule has 0 bridgehead atoms. The third-order valence-electron chi connectivity index (χ3n) is 3.84. The molecule has 0 saturated carbocycles. The van der Waals surface area contributed by atoms with Gasteiger partial charge in [0.1, 0.15) is 5.82 Å². The number of rotatable bonds is 6. The van der Waals surface area contributed by atoms with Gasteiger partial charge in [0.05, 0.1) is 5.52 Å². The molecule has 134 valence electrons. The lowest BCUT2D eigenvalue weighted by atomic mass is 10.2. The molecule has 6 heteroatoms. The Labute approximate surface area is 151 Å². The molecule has 0 unspecified atom stereocenters. The molecule has 0 saturated heterocycles. The van der Waals surface area contributed by atoms with Gasteiger partial charge in [-0.05, 0) is 50.0 Å². The lowest BCUT2D eigenvalue weighted by Gasteiger charge is -2.12. The zero-order valence-electron chi connectivity index (χ0n) is 14.7. The average molecular weight is 354 g/mol. The summed E-state index contributed by atoms with van der Waals surface area (Å²) < 4.78 is 26.4. The number of para-hydroxylation sites is 1. The van der Waals surface area contributed by atoms with Crippen LogP contribution in [0.3, 0.4) is 0 Å². The molecule has 0 atom stereocenters. The van der Waals surface area contributed by atoms with E-state index in [1.165, 1.54) is 6.07 Å². The molecule has 0 aliphatic rings. The molecule has 0 spiro atoms. The highest BCUT2D eigenvalue weighted by atomic mass is 19.2. The Hall–Kier alpha value is -2.86. The molecule has 1 aromatic heterocycles. The summed E-state index contributed by atoms with van der Waals surface area (Å²) >= 11 is 0. The van der Waals surface area contributed by atoms with Crippen LogP contribution in [0.1, 0.15) is 11.4 Å². The highest BCUT2D eigenvalue weighted by molar-refractivity contribution is 5.90. The standard InChI is InChI=1S/C20H20F2N4/c1-26(2)12-11-23-20-15-5-3-4-6-18(15)24-19(25-20)10-8-14-7-9-16(21)17(22)13-14/h3-10,13H,11-12H2,1-2H3,(H,23,24,25)/b10-8+. The van der Waals surface area contributed by atoms with Crippen LogP contribution in [-0.4, -0.2) is 42.1 Å². The third kappa shape index (κ3) is 4.40. The first kappa shape index (κ1) is 17.9. The quantitative estimate of drug-likeness (QED) is 0.725. The first-order valence-electron chi connectivity index (χ1n) is 8.31. The normalized spacial score (nSPS) is 11.6. The molecule has 1 N–H and O–H groups in total. The lowest BCUT2D eigenvalue weighted by molar-refractivity contribution is 0.425. The van der Waals surface area contributed by atoms with E-state index in [9.17, 15) is 8.78 Å². The van der Waals surface area contributed by atoms with Gasteiger partial charge in [0.15, 0.2) is 17.5 Å². The minimum Gasteiger partial charge on any atom is -0.368 e. The number of likely N-dealkylation sites (N-methyl/N-ethyl adjacent to an activating group) is 1. The van der Waals surface area contributed by atoms with Crippen LogP contribution >= 0.6 is 0 Å². The molecule has 0 amide bonds. The summed E-state index contributed by atoms with van der Waals surface area (Å²) in [5.74, 6) is -0.489. The smallest absolute Gasteiger partial charge is 0.159 e. The summed E-state index contributed by atoms with van der Waals surface area (Å²) in [6.45, 7) is 1.62. The average Bonchev–Trinajstić information content (AvgIpc) is 2.62. The Bertz CT molecular complexity index is 938. The summed E-state index contributed by atoms with van der Waals surface area (Å²) in [7, 11) is 4.02. The minimum atomic E-state index is -0.877. The number of nitrogens with one attached hydrogen (secondary N) is 1. The van der Waals surface area contributed by atoms with E-state index in [4.69, 9.17) is 0 Å². The number of benzene rings is 2. The molecule has 0 aliphatic carbocycles. The Morgan fingerprint density at radius 3 is 2.58 bits per heavy atom. The fraction of sp³-hybridized carbons (Fsp3) is 0.200. The van der Waals surface area contributed by atoms with Crippen molar-refractivity contribution in [3.63, 3.8) is 0 Å². The monoisotopic (exact) mass is 354 g/mol. The van der Waals surface area contributed by atoms with E-state index in [1.54, 1.807) is 12.2 Å². The van der Waals surface area contributed by atoms with Crippen LogP contribution in [0.4, 0.5) is 14.6 Å². The van der Waals surface area contributed by atoms with Gasteiger partial charge in [-0.1, -0.05) is 24.3 Å². The maximum atomic E-state index is 13.3. The van der Waals surface area contributed by atoms with E-state index in [0.29, 0.717) is 11.4 Å². The zero-order chi connectivity index (χ0) is 18.5. The van der Waals surface area contributed by atoms with E-state index in [2.05, 4.69) is 20.2 Å². The van der Waals surface area contributed by atoms with Crippen molar-refractivity contribution < 1.29 is 8.78 Å². The third-order valence-corrected chi connectivity index (χ3v) is 3.84. The Morgan fingerprint density at radius 1 is 1.00 bits per heavy atom. The molecule has 0 radical (unpaired) electrons. The molecule has 3 aromatic rings. The lowest BCUT2D eigenvalue weighted by Crippen LogP contribution is -2.21. The zero-order valence-corrected chi connectivity index (χ0v) is 14.7. The van der Waals surface area contributed by atoms with Crippen molar-refractivity contribution in [2.24, 2.45) is 0 Å². The fourth-order valence-electron chi connectivity index (χ4n) is 2.49. The van der Waals surface area contributed by atoms with Gasteiger partial charge in [-0.2, -0.15) is 0 Å². The molecule has 4 nitrogen and oxygen atoms in total. The predicted octanol–water partition coefficient (Wildman–Crippen LogP) is 4.05. The molecule has 26 heavy (non-hydrogen) atoms. The van der Waals surface area contributed by atoms with Gasteiger partial charge >= 0.3 is 0 Å². The fourth-order valence-corrected chi connectivity index (χ4v) is 2.49. The summed E-state index contributed by atoms with van der Waals surface area (Å²) in [5.41, 5.74) is 1.36. The van der Waals surface area contributed by atoms with Gasteiger partial charge in [0.2, 0.25) is 0 Å². The highest BCUT2D eigenvalue weighted by Gasteiger charge is 2.06. The van der Waals surface area contributed by atoms with Crippen molar-refractivity contribution in [2.45, 2.75) is 0 Å². The first-order chi connectivity index (χ1) is 12.5. The van der Waals surface area contributed by atoms with Crippen molar-refractivity contribution in [3.8, 4) is 0 Å². The number of hydrogen-bond acceptors (Lipinski definition) is 4. The number of nitrogens with zero attached hydrogens (tertiary/aromatic N) is 3. The van der Waals surface area contributed by atoms with Crippen molar-refractivity contribution >= 4 is 28.9 Å². The second kappa shape index (κ2) is 8.01. The number of aromatic nitrogens is 2. The van der Waals surface area contributed by atoms with Crippen molar-refractivity contribution in [3.05, 3.63) is 65.5 Å².